The van der Waals surface area contributed by atoms with Crippen LogP contribution in [0, 0.1) is 0 Å². The van der Waals surface area contributed by atoms with Gasteiger partial charge in [0.25, 0.3) is 5.91 Å². The summed E-state index contributed by atoms with van der Waals surface area (Å²) in [6.07, 6.45) is 0.916. The molecule has 0 radical (unpaired) electrons. The van der Waals surface area contributed by atoms with Crippen molar-refractivity contribution in [3.8, 4) is 0 Å². The van der Waals surface area contributed by atoms with E-state index in [9.17, 15) is 9.59 Å². The zero-order chi connectivity index (χ0) is 19.6. The molecule has 1 N–H and O–H groups in total. The van der Waals surface area contributed by atoms with Gasteiger partial charge in [0.1, 0.15) is 0 Å². The summed E-state index contributed by atoms with van der Waals surface area (Å²) < 4.78 is 0. The van der Waals surface area contributed by atoms with Crippen molar-refractivity contribution in [3.05, 3.63) is 64.2 Å². The normalized spacial score (nSPS) is 16.5. The third-order valence-electron chi connectivity index (χ3n) is 4.97. The number of amides is 2. The summed E-state index contributed by atoms with van der Waals surface area (Å²) in [5, 5.41) is 3.00. The molecule has 27 heavy (non-hydrogen) atoms. The number of nitrogens with zero attached hydrogens (tertiary/aromatic N) is 2. The molecule has 3 rings (SSSR count). The standard InChI is InChI=1S/C21H24ClN3O2/c1-14(26)23-17-8-9-19(20(22)11-17)21(27)25(3)13-18-10-15-6-4-5-7-16(15)12-24(18)2/h4-9,11,18H,10,12-13H2,1-3H3,(H,23,26). The molecule has 1 heterocycles. The number of fused-ring (bicyclic) bond motifs is 1. The highest BCUT2D eigenvalue weighted by Crippen LogP contribution is 2.25. The number of likely N-dealkylation sites (N-methyl/N-ethyl adjacent to an activating group) is 2. The van der Waals surface area contributed by atoms with Crippen LogP contribution in [0.2, 0.25) is 5.02 Å². The SMILES string of the molecule is CC(=O)Nc1ccc(C(=O)N(C)CC2Cc3ccccc3CN2C)c(Cl)c1. The lowest BCUT2D eigenvalue weighted by molar-refractivity contribution is -0.114. The van der Waals surface area contributed by atoms with Crippen LogP contribution in [0.25, 0.3) is 0 Å². The van der Waals surface area contributed by atoms with E-state index in [2.05, 4.69) is 41.5 Å². The molecule has 2 aromatic carbocycles. The molecule has 6 heteroatoms. The fraction of sp³-hybridized carbons (Fsp3) is 0.333. The molecule has 0 saturated carbocycles. The van der Waals surface area contributed by atoms with Crippen molar-refractivity contribution in [1.82, 2.24) is 9.80 Å². The van der Waals surface area contributed by atoms with Crippen molar-refractivity contribution in [2.45, 2.75) is 25.9 Å². The second-order valence-corrected chi connectivity index (χ2v) is 7.51. The molecule has 5 nitrogen and oxygen atoms in total. The van der Waals surface area contributed by atoms with E-state index in [1.807, 2.05) is 0 Å². The Morgan fingerprint density at radius 3 is 2.59 bits per heavy atom. The average Bonchev–Trinajstić information content (AvgIpc) is 2.61. The van der Waals surface area contributed by atoms with Gasteiger partial charge in [-0.25, -0.2) is 0 Å². The van der Waals surface area contributed by atoms with Crippen LogP contribution in [-0.2, 0) is 17.8 Å². The Bertz CT molecular complexity index is 868. The molecule has 2 aromatic rings. The monoisotopic (exact) mass is 385 g/mol. The molecule has 1 unspecified atom stereocenters. The first-order valence-electron chi connectivity index (χ1n) is 8.94. The van der Waals surface area contributed by atoms with Crippen LogP contribution in [0.4, 0.5) is 5.69 Å². The molecular weight excluding hydrogens is 362 g/mol. The van der Waals surface area contributed by atoms with Crippen LogP contribution in [0.3, 0.4) is 0 Å². The molecule has 2 amide bonds. The first-order chi connectivity index (χ1) is 12.8. The topological polar surface area (TPSA) is 52.7 Å². The van der Waals surface area contributed by atoms with E-state index in [1.165, 1.54) is 18.1 Å². The Hall–Kier alpha value is -2.37. The van der Waals surface area contributed by atoms with Gasteiger partial charge in [-0.3, -0.25) is 14.5 Å². The first kappa shape index (κ1) is 19.4. The molecule has 0 saturated heterocycles. The maximum Gasteiger partial charge on any atom is 0.255 e. The van der Waals surface area contributed by atoms with Crippen LogP contribution in [0.5, 0.6) is 0 Å². The summed E-state index contributed by atoms with van der Waals surface area (Å²) in [5.41, 5.74) is 3.71. The maximum absolute atomic E-state index is 12.9. The summed E-state index contributed by atoms with van der Waals surface area (Å²) in [5.74, 6) is -0.301. The van der Waals surface area contributed by atoms with Crippen LogP contribution < -0.4 is 5.32 Å². The highest BCUT2D eigenvalue weighted by molar-refractivity contribution is 6.34. The second kappa shape index (κ2) is 8.11. The smallest absolute Gasteiger partial charge is 0.255 e. The molecule has 142 valence electrons. The van der Waals surface area contributed by atoms with Gasteiger partial charge >= 0.3 is 0 Å². The van der Waals surface area contributed by atoms with E-state index in [1.54, 1.807) is 30.1 Å². The lowest BCUT2D eigenvalue weighted by Crippen LogP contribution is -2.46. The molecule has 0 aromatic heterocycles. The van der Waals surface area contributed by atoms with E-state index >= 15 is 0 Å². The average molecular weight is 386 g/mol. The molecule has 0 spiro atoms. The minimum absolute atomic E-state index is 0.123. The van der Waals surface area contributed by atoms with E-state index in [-0.39, 0.29) is 17.9 Å². The summed E-state index contributed by atoms with van der Waals surface area (Å²) in [6, 6.07) is 13.7. The number of nitrogens with one attached hydrogen (secondary N) is 1. The van der Waals surface area contributed by atoms with Gasteiger partial charge in [-0.05, 0) is 42.8 Å². The zero-order valence-corrected chi connectivity index (χ0v) is 16.6. The number of rotatable bonds is 4. The molecule has 1 atom stereocenters. The van der Waals surface area contributed by atoms with Gasteiger partial charge in [0.05, 0.1) is 10.6 Å². The molecule has 0 fully saturated rings. The minimum Gasteiger partial charge on any atom is -0.340 e. The van der Waals surface area contributed by atoms with Gasteiger partial charge in [-0.2, -0.15) is 0 Å². The first-order valence-corrected chi connectivity index (χ1v) is 9.32. The van der Waals surface area contributed by atoms with Gasteiger partial charge < -0.3 is 10.2 Å². The highest BCUT2D eigenvalue weighted by Gasteiger charge is 2.26. The van der Waals surface area contributed by atoms with E-state index in [0.717, 1.165) is 13.0 Å². The van der Waals surface area contributed by atoms with Crippen molar-refractivity contribution in [3.63, 3.8) is 0 Å². The largest absolute Gasteiger partial charge is 0.340 e. The van der Waals surface area contributed by atoms with Crippen LogP contribution >= 0.6 is 11.6 Å². The maximum atomic E-state index is 12.9. The molecular formula is C21H24ClN3O2. The number of carbonyl (C=O) groups is 2. The van der Waals surface area contributed by atoms with Crippen molar-refractivity contribution in [1.29, 1.82) is 0 Å². The van der Waals surface area contributed by atoms with Gasteiger partial charge in [-0.15, -0.1) is 0 Å². The van der Waals surface area contributed by atoms with Gasteiger partial charge in [0, 0.05) is 38.8 Å². The van der Waals surface area contributed by atoms with Crippen molar-refractivity contribution in [2.24, 2.45) is 0 Å². The predicted molar refractivity (Wildman–Crippen MR) is 108 cm³/mol. The number of hydrogen-bond donors (Lipinski definition) is 1. The summed E-state index contributed by atoms with van der Waals surface area (Å²) >= 11 is 6.28. The number of benzene rings is 2. The minimum atomic E-state index is -0.178. The van der Waals surface area contributed by atoms with Crippen molar-refractivity contribution >= 4 is 29.1 Å². The van der Waals surface area contributed by atoms with E-state index in [4.69, 9.17) is 11.6 Å². The van der Waals surface area contributed by atoms with E-state index in [0.29, 0.717) is 22.8 Å². The van der Waals surface area contributed by atoms with Gasteiger partial charge in [0.2, 0.25) is 5.91 Å². The van der Waals surface area contributed by atoms with E-state index < -0.39 is 0 Å². The van der Waals surface area contributed by atoms with Gasteiger partial charge in [-0.1, -0.05) is 35.9 Å². The van der Waals surface area contributed by atoms with Crippen LogP contribution in [0.15, 0.2) is 42.5 Å². The fourth-order valence-electron chi connectivity index (χ4n) is 3.50. The molecule has 0 bridgehead atoms. The molecule has 1 aliphatic heterocycles. The summed E-state index contributed by atoms with van der Waals surface area (Å²) in [4.78, 5) is 28.0. The number of halogens is 1. The van der Waals surface area contributed by atoms with Gasteiger partial charge in [0.15, 0.2) is 0 Å². The second-order valence-electron chi connectivity index (χ2n) is 7.10. The predicted octanol–water partition coefficient (Wildman–Crippen LogP) is 3.43. The Kier molecular flexibility index (Phi) is 5.82. The molecule has 0 aliphatic carbocycles. The Labute approximate surface area is 164 Å². The Morgan fingerprint density at radius 1 is 1.22 bits per heavy atom. The quantitative estimate of drug-likeness (QED) is 0.877. The van der Waals surface area contributed by atoms with Crippen LogP contribution in [0.1, 0.15) is 28.4 Å². The third-order valence-corrected chi connectivity index (χ3v) is 5.28. The lowest BCUT2D eigenvalue weighted by Gasteiger charge is -2.36. The number of anilines is 1. The molecule has 1 aliphatic rings. The third kappa shape index (κ3) is 4.49. The Morgan fingerprint density at radius 2 is 1.93 bits per heavy atom. The summed E-state index contributed by atoms with van der Waals surface area (Å²) in [7, 11) is 3.89. The van der Waals surface area contributed by atoms with Crippen LogP contribution in [-0.4, -0.2) is 48.3 Å². The zero-order valence-electron chi connectivity index (χ0n) is 15.8. The van der Waals surface area contributed by atoms with Crippen molar-refractivity contribution in [2.75, 3.05) is 26.0 Å². The lowest BCUT2D eigenvalue weighted by atomic mass is 9.94. The number of carbonyl (C=O) groups excluding carboxylic acids is 2. The summed E-state index contributed by atoms with van der Waals surface area (Å²) in [6.45, 7) is 2.93. The fourth-order valence-corrected chi connectivity index (χ4v) is 3.76. The highest BCUT2D eigenvalue weighted by atomic mass is 35.5. The Balaban J connectivity index is 1.70. The number of hydrogen-bond acceptors (Lipinski definition) is 3. The van der Waals surface area contributed by atoms with Crippen molar-refractivity contribution < 1.29 is 9.59 Å².